The Hall–Kier alpha value is -1.40. The van der Waals surface area contributed by atoms with Crippen LogP contribution in [0.2, 0.25) is 0 Å². The summed E-state index contributed by atoms with van der Waals surface area (Å²) in [5.74, 6) is 0.619. The molecule has 2 aromatic rings. The third kappa shape index (κ3) is 3.44. The molecule has 5 nitrogen and oxygen atoms in total. The van der Waals surface area contributed by atoms with Crippen LogP contribution in [0.5, 0.6) is 0 Å². The van der Waals surface area contributed by atoms with Crippen molar-refractivity contribution in [3.63, 3.8) is 0 Å². The van der Waals surface area contributed by atoms with E-state index in [4.69, 9.17) is 4.74 Å². The zero-order chi connectivity index (χ0) is 14.7. The van der Waals surface area contributed by atoms with Crippen LogP contribution in [-0.2, 0) is 11.3 Å². The van der Waals surface area contributed by atoms with E-state index in [0.29, 0.717) is 12.0 Å². The van der Waals surface area contributed by atoms with Gasteiger partial charge in [0.15, 0.2) is 5.13 Å². The van der Waals surface area contributed by atoms with Gasteiger partial charge < -0.3 is 14.6 Å². The number of aromatic nitrogens is 3. The topological polar surface area (TPSA) is 52.0 Å². The molecule has 0 aromatic carbocycles. The number of anilines is 1. The number of imidazole rings is 1. The smallest absolute Gasteiger partial charge is 0.183 e. The second-order valence-electron chi connectivity index (χ2n) is 5.69. The first-order valence-electron chi connectivity index (χ1n) is 7.52. The van der Waals surface area contributed by atoms with Crippen LogP contribution < -0.4 is 5.32 Å². The molecule has 6 heteroatoms. The summed E-state index contributed by atoms with van der Waals surface area (Å²) in [7, 11) is 0. The van der Waals surface area contributed by atoms with Crippen molar-refractivity contribution in [2.75, 3.05) is 18.5 Å². The Balaban J connectivity index is 1.60. The maximum atomic E-state index is 5.42. The zero-order valence-corrected chi connectivity index (χ0v) is 13.4. The number of rotatable bonds is 5. The predicted octanol–water partition coefficient (Wildman–Crippen LogP) is 3.43. The minimum Gasteiger partial charge on any atom is -0.381 e. The minimum atomic E-state index is 0.429. The zero-order valence-electron chi connectivity index (χ0n) is 12.6. The third-order valence-electron chi connectivity index (χ3n) is 3.87. The van der Waals surface area contributed by atoms with Gasteiger partial charge in [0.1, 0.15) is 0 Å². The summed E-state index contributed by atoms with van der Waals surface area (Å²) in [6.07, 6.45) is 8.04. The summed E-state index contributed by atoms with van der Waals surface area (Å²) in [5, 5.41) is 4.41. The molecule has 1 fully saturated rings. The summed E-state index contributed by atoms with van der Waals surface area (Å²) in [5.41, 5.74) is 1.19. The van der Waals surface area contributed by atoms with Gasteiger partial charge in [-0.15, -0.1) is 11.3 Å². The molecule has 0 atom stereocenters. The van der Waals surface area contributed by atoms with E-state index in [-0.39, 0.29) is 0 Å². The molecule has 21 heavy (non-hydrogen) atoms. The Bertz CT molecular complexity index is 572. The fourth-order valence-corrected chi connectivity index (χ4v) is 3.62. The van der Waals surface area contributed by atoms with Gasteiger partial charge in [0.2, 0.25) is 0 Å². The molecular weight excluding hydrogens is 284 g/mol. The molecule has 0 bridgehead atoms. The van der Waals surface area contributed by atoms with E-state index in [1.165, 1.54) is 10.6 Å². The van der Waals surface area contributed by atoms with Crippen molar-refractivity contribution in [3.05, 3.63) is 29.3 Å². The molecule has 3 heterocycles. The largest absolute Gasteiger partial charge is 0.381 e. The van der Waals surface area contributed by atoms with Gasteiger partial charge in [0.05, 0.1) is 18.6 Å². The monoisotopic (exact) mass is 306 g/mol. The molecule has 0 amide bonds. The lowest BCUT2D eigenvalue weighted by Crippen LogP contribution is -2.12. The van der Waals surface area contributed by atoms with E-state index in [1.807, 2.05) is 18.7 Å². The molecule has 1 aliphatic rings. The van der Waals surface area contributed by atoms with Gasteiger partial charge in [-0.3, -0.25) is 0 Å². The highest BCUT2D eigenvalue weighted by molar-refractivity contribution is 7.15. The van der Waals surface area contributed by atoms with Crippen LogP contribution in [0.4, 0.5) is 5.13 Å². The molecular formula is C15H22N4OS. The lowest BCUT2D eigenvalue weighted by molar-refractivity contribution is 0.0860. The third-order valence-corrected chi connectivity index (χ3v) is 4.99. The van der Waals surface area contributed by atoms with Gasteiger partial charge >= 0.3 is 0 Å². The fourth-order valence-electron chi connectivity index (χ4n) is 2.64. The van der Waals surface area contributed by atoms with Gasteiger partial charge in [-0.05, 0) is 32.6 Å². The Kier molecular flexibility index (Phi) is 4.55. The van der Waals surface area contributed by atoms with Crippen LogP contribution in [0, 0.1) is 0 Å². The molecule has 0 unspecified atom stereocenters. The summed E-state index contributed by atoms with van der Waals surface area (Å²) in [6, 6.07) is 0.429. The normalized spacial score (nSPS) is 16.5. The predicted molar refractivity (Wildman–Crippen MR) is 84.8 cm³/mol. The highest BCUT2D eigenvalue weighted by atomic mass is 32.1. The molecule has 114 valence electrons. The van der Waals surface area contributed by atoms with Gasteiger partial charge in [-0.25, -0.2) is 9.97 Å². The molecule has 3 rings (SSSR count). The number of thiazole rings is 1. The number of hydrogen-bond acceptors (Lipinski definition) is 5. The minimum absolute atomic E-state index is 0.429. The van der Waals surface area contributed by atoms with E-state index in [2.05, 4.69) is 33.7 Å². The van der Waals surface area contributed by atoms with Crippen molar-refractivity contribution in [2.45, 2.75) is 45.2 Å². The molecule has 2 aromatic heterocycles. The molecule has 0 radical (unpaired) electrons. The molecule has 1 saturated heterocycles. The van der Waals surface area contributed by atoms with Gasteiger partial charge in [-0.2, -0.15) is 0 Å². The first-order chi connectivity index (χ1) is 10.2. The van der Waals surface area contributed by atoms with Crippen LogP contribution in [-0.4, -0.2) is 27.7 Å². The second kappa shape index (κ2) is 6.58. The maximum Gasteiger partial charge on any atom is 0.183 e. The van der Waals surface area contributed by atoms with Crippen LogP contribution >= 0.6 is 11.3 Å². The first-order valence-corrected chi connectivity index (χ1v) is 8.33. The fraction of sp³-hybridized carbons (Fsp3) is 0.600. The van der Waals surface area contributed by atoms with E-state index in [9.17, 15) is 0 Å². The van der Waals surface area contributed by atoms with Crippen molar-refractivity contribution in [1.29, 1.82) is 0 Å². The Morgan fingerprint density at radius 2 is 2.19 bits per heavy atom. The average Bonchev–Trinajstić information content (AvgIpc) is 3.15. The quantitative estimate of drug-likeness (QED) is 0.919. The summed E-state index contributed by atoms with van der Waals surface area (Å²) < 4.78 is 7.60. The summed E-state index contributed by atoms with van der Waals surface area (Å²) in [6.45, 7) is 6.84. The standard InChI is InChI=1S/C15H22N4OS/c1-11(2)19-10-16-7-13(19)8-17-15-18-9-14(21-15)12-3-5-20-6-4-12/h7,9-12H,3-6,8H2,1-2H3,(H,17,18). The molecule has 0 spiro atoms. The first kappa shape index (κ1) is 14.5. The van der Waals surface area contributed by atoms with Crippen LogP contribution in [0.1, 0.15) is 49.2 Å². The molecule has 0 saturated carbocycles. The van der Waals surface area contributed by atoms with Crippen LogP contribution in [0.3, 0.4) is 0 Å². The SMILES string of the molecule is CC(C)n1cncc1CNc1ncc(C2CCOCC2)s1. The Labute approximate surface area is 129 Å². The van der Waals surface area contributed by atoms with Crippen molar-refractivity contribution < 1.29 is 4.74 Å². The second-order valence-corrected chi connectivity index (χ2v) is 6.76. The molecule has 1 aliphatic heterocycles. The van der Waals surface area contributed by atoms with Crippen LogP contribution in [0.15, 0.2) is 18.7 Å². The highest BCUT2D eigenvalue weighted by Gasteiger charge is 2.18. The summed E-state index contributed by atoms with van der Waals surface area (Å²) in [4.78, 5) is 10.1. The van der Waals surface area contributed by atoms with Gasteiger partial charge in [0.25, 0.3) is 0 Å². The molecule has 1 N–H and O–H groups in total. The number of nitrogens with zero attached hydrogens (tertiary/aromatic N) is 3. The van der Waals surface area contributed by atoms with E-state index in [1.54, 1.807) is 11.3 Å². The van der Waals surface area contributed by atoms with Gasteiger partial charge in [-0.1, -0.05) is 0 Å². The Morgan fingerprint density at radius 1 is 1.38 bits per heavy atom. The number of hydrogen-bond donors (Lipinski definition) is 1. The van der Waals surface area contributed by atoms with E-state index >= 15 is 0 Å². The average molecular weight is 306 g/mol. The molecule has 0 aliphatic carbocycles. The van der Waals surface area contributed by atoms with E-state index in [0.717, 1.165) is 37.7 Å². The highest BCUT2D eigenvalue weighted by Crippen LogP contribution is 2.32. The lowest BCUT2D eigenvalue weighted by Gasteiger charge is -2.20. The van der Waals surface area contributed by atoms with Crippen molar-refractivity contribution >= 4 is 16.5 Å². The summed E-state index contributed by atoms with van der Waals surface area (Å²) >= 11 is 1.77. The lowest BCUT2D eigenvalue weighted by atomic mass is 9.99. The van der Waals surface area contributed by atoms with Crippen LogP contribution in [0.25, 0.3) is 0 Å². The van der Waals surface area contributed by atoms with Gasteiger partial charge in [0, 0.05) is 36.5 Å². The maximum absolute atomic E-state index is 5.42. The Morgan fingerprint density at radius 3 is 2.95 bits per heavy atom. The van der Waals surface area contributed by atoms with Crippen molar-refractivity contribution in [1.82, 2.24) is 14.5 Å². The van der Waals surface area contributed by atoms with Crippen molar-refractivity contribution in [3.8, 4) is 0 Å². The number of nitrogens with one attached hydrogen (secondary N) is 1. The van der Waals surface area contributed by atoms with E-state index < -0.39 is 0 Å². The van der Waals surface area contributed by atoms with Crippen molar-refractivity contribution in [2.24, 2.45) is 0 Å². The number of ether oxygens (including phenoxy) is 1.